The molecule has 0 saturated heterocycles. The Hall–Kier alpha value is -3.35. The second kappa shape index (κ2) is 8.18. The van der Waals surface area contributed by atoms with Gasteiger partial charge in [0.25, 0.3) is 5.91 Å². The average Bonchev–Trinajstić information content (AvgIpc) is 3.18. The van der Waals surface area contributed by atoms with Gasteiger partial charge in [-0.15, -0.1) is 0 Å². The molecule has 0 saturated carbocycles. The smallest absolute Gasteiger partial charge is 0.264 e. The lowest BCUT2D eigenvalue weighted by molar-refractivity contribution is -0.130. The van der Waals surface area contributed by atoms with Crippen molar-refractivity contribution in [1.82, 2.24) is 20.1 Å². The van der Waals surface area contributed by atoms with Gasteiger partial charge in [-0.1, -0.05) is 18.2 Å². The SMILES string of the molecule is O=C(NCCn1nc(-c2ccccn2)c2c1CCCC2)C1COc2ccccc2O1. The second-order valence-corrected chi connectivity index (χ2v) is 7.57. The number of pyridine rings is 1. The predicted octanol–water partition coefficient (Wildman–Crippen LogP) is 2.78. The number of carbonyl (C=O) groups excluding carboxylic acids is 1. The van der Waals surface area contributed by atoms with E-state index in [-0.39, 0.29) is 12.5 Å². The maximum absolute atomic E-state index is 12.6. The fraction of sp³-hybridized carbons (Fsp3) is 0.348. The van der Waals surface area contributed by atoms with E-state index in [1.165, 1.54) is 24.1 Å². The number of carbonyl (C=O) groups is 1. The first kappa shape index (κ1) is 18.7. The third-order valence-corrected chi connectivity index (χ3v) is 5.59. The summed E-state index contributed by atoms with van der Waals surface area (Å²) >= 11 is 0. The zero-order valence-corrected chi connectivity index (χ0v) is 16.7. The zero-order valence-electron chi connectivity index (χ0n) is 16.7. The molecule has 30 heavy (non-hydrogen) atoms. The Bertz CT molecular complexity index is 1050. The molecule has 0 spiro atoms. The highest BCUT2D eigenvalue weighted by atomic mass is 16.6. The quantitative estimate of drug-likeness (QED) is 0.708. The van der Waals surface area contributed by atoms with Crippen LogP contribution in [0.3, 0.4) is 0 Å². The van der Waals surface area contributed by atoms with Gasteiger partial charge in [0.2, 0.25) is 6.10 Å². The maximum Gasteiger partial charge on any atom is 0.264 e. The van der Waals surface area contributed by atoms with Gasteiger partial charge in [0.15, 0.2) is 11.5 Å². The van der Waals surface area contributed by atoms with E-state index in [0.717, 1.165) is 24.2 Å². The minimum absolute atomic E-state index is 0.171. The number of para-hydroxylation sites is 2. The zero-order chi connectivity index (χ0) is 20.3. The Morgan fingerprint density at radius 1 is 1.10 bits per heavy atom. The number of benzene rings is 1. The van der Waals surface area contributed by atoms with Crippen LogP contribution in [-0.4, -0.2) is 39.9 Å². The molecule has 0 radical (unpaired) electrons. The lowest BCUT2D eigenvalue weighted by atomic mass is 9.95. The molecule has 2 aliphatic rings. The topological polar surface area (TPSA) is 78.3 Å². The van der Waals surface area contributed by atoms with Gasteiger partial charge < -0.3 is 14.8 Å². The Morgan fingerprint density at radius 2 is 1.93 bits per heavy atom. The van der Waals surface area contributed by atoms with Crippen molar-refractivity contribution in [1.29, 1.82) is 0 Å². The van der Waals surface area contributed by atoms with E-state index in [1.807, 2.05) is 47.1 Å². The maximum atomic E-state index is 12.6. The molecule has 0 fully saturated rings. The molecule has 5 rings (SSSR count). The number of nitrogens with zero attached hydrogens (tertiary/aromatic N) is 3. The molecular formula is C23H24N4O3. The Kier molecular flexibility index (Phi) is 5.09. The van der Waals surface area contributed by atoms with Crippen molar-refractivity contribution in [3.8, 4) is 22.9 Å². The van der Waals surface area contributed by atoms with E-state index in [9.17, 15) is 4.79 Å². The fourth-order valence-electron chi connectivity index (χ4n) is 4.11. The highest BCUT2D eigenvalue weighted by Crippen LogP contribution is 2.31. The van der Waals surface area contributed by atoms with Crippen LogP contribution in [0.5, 0.6) is 11.5 Å². The standard InChI is InChI=1S/C23H24N4O3/c28-23(21-15-29-19-10-3-4-11-20(19)30-21)25-13-14-27-18-9-2-1-7-16(18)22(26-27)17-8-5-6-12-24-17/h3-6,8,10-12,21H,1-2,7,9,13-15H2,(H,25,28). The summed E-state index contributed by atoms with van der Waals surface area (Å²) < 4.78 is 13.5. The van der Waals surface area contributed by atoms with Gasteiger partial charge in [-0.05, 0) is 49.9 Å². The number of aromatic nitrogens is 3. The molecule has 1 aliphatic carbocycles. The van der Waals surface area contributed by atoms with Crippen LogP contribution >= 0.6 is 0 Å². The lowest BCUT2D eigenvalue weighted by Gasteiger charge is -2.25. The number of nitrogens with one attached hydrogen (secondary N) is 1. The van der Waals surface area contributed by atoms with Crippen molar-refractivity contribution in [3.05, 3.63) is 59.9 Å². The number of fused-ring (bicyclic) bond motifs is 2. The Balaban J connectivity index is 1.25. The van der Waals surface area contributed by atoms with Crippen molar-refractivity contribution in [3.63, 3.8) is 0 Å². The average molecular weight is 404 g/mol. The summed E-state index contributed by atoms with van der Waals surface area (Å²) in [5, 5.41) is 7.82. The van der Waals surface area contributed by atoms with E-state index in [2.05, 4.69) is 10.3 Å². The van der Waals surface area contributed by atoms with Gasteiger partial charge in [-0.2, -0.15) is 5.10 Å². The van der Waals surface area contributed by atoms with E-state index in [1.54, 1.807) is 6.20 Å². The number of ether oxygens (including phenoxy) is 2. The molecule has 2 aromatic heterocycles. The summed E-state index contributed by atoms with van der Waals surface area (Å²) in [7, 11) is 0. The summed E-state index contributed by atoms with van der Waals surface area (Å²) in [5.74, 6) is 1.10. The number of hydrogen-bond acceptors (Lipinski definition) is 5. The van der Waals surface area contributed by atoms with Crippen LogP contribution < -0.4 is 14.8 Å². The van der Waals surface area contributed by atoms with E-state index >= 15 is 0 Å². The van der Waals surface area contributed by atoms with Crippen molar-refractivity contribution in [2.45, 2.75) is 38.3 Å². The highest BCUT2D eigenvalue weighted by molar-refractivity contribution is 5.81. The molecule has 3 aromatic rings. The van der Waals surface area contributed by atoms with Gasteiger partial charge >= 0.3 is 0 Å². The van der Waals surface area contributed by atoms with Crippen LogP contribution in [0, 0.1) is 0 Å². The molecular weight excluding hydrogens is 380 g/mol. The molecule has 1 atom stereocenters. The first-order valence-corrected chi connectivity index (χ1v) is 10.5. The molecule has 7 heteroatoms. The van der Waals surface area contributed by atoms with Gasteiger partial charge in [0, 0.05) is 24.0 Å². The molecule has 1 aromatic carbocycles. The van der Waals surface area contributed by atoms with Crippen LogP contribution in [-0.2, 0) is 24.2 Å². The minimum Gasteiger partial charge on any atom is -0.485 e. The van der Waals surface area contributed by atoms with Gasteiger partial charge in [0.1, 0.15) is 12.3 Å². The van der Waals surface area contributed by atoms with Crippen molar-refractivity contribution < 1.29 is 14.3 Å². The van der Waals surface area contributed by atoms with Gasteiger partial charge in [0.05, 0.1) is 12.2 Å². The Labute approximate surface area is 175 Å². The van der Waals surface area contributed by atoms with Crippen LogP contribution in [0.15, 0.2) is 48.7 Å². The third kappa shape index (κ3) is 3.63. The summed E-state index contributed by atoms with van der Waals surface area (Å²) in [5.41, 5.74) is 4.44. The minimum atomic E-state index is -0.643. The van der Waals surface area contributed by atoms with E-state index < -0.39 is 6.10 Å². The van der Waals surface area contributed by atoms with Crippen molar-refractivity contribution in [2.75, 3.05) is 13.2 Å². The monoisotopic (exact) mass is 404 g/mol. The molecule has 1 unspecified atom stereocenters. The molecule has 1 N–H and O–H groups in total. The van der Waals surface area contributed by atoms with Crippen LogP contribution in [0.2, 0.25) is 0 Å². The normalized spacial score (nSPS) is 17.3. The molecule has 1 amide bonds. The largest absolute Gasteiger partial charge is 0.485 e. The molecule has 7 nitrogen and oxygen atoms in total. The first-order chi connectivity index (χ1) is 14.8. The first-order valence-electron chi connectivity index (χ1n) is 10.5. The third-order valence-electron chi connectivity index (χ3n) is 5.59. The summed E-state index contributed by atoms with van der Waals surface area (Å²) in [6.45, 7) is 1.31. The Morgan fingerprint density at radius 3 is 2.80 bits per heavy atom. The summed E-state index contributed by atoms with van der Waals surface area (Å²) in [4.78, 5) is 17.0. The molecule has 0 bridgehead atoms. The van der Waals surface area contributed by atoms with Crippen LogP contribution in [0.25, 0.3) is 11.4 Å². The molecule has 154 valence electrons. The number of amides is 1. The number of rotatable bonds is 5. The van der Waals surface area contributed by atoms with Crippen molar-refractivity contribution in [2.24, 2.45) is 0 Å². The summed E-state index contributed by atoms with van der Waals surface area (Å²) in [6.07, 6.45) is 5.54. The van der Waals surface area contributed by atoms with E-state index in [4.69, 9.17) is 14.6 Å². The fourth-order valence-corrected chi connectivity index (χ4v) is 4.11. The second-order valence-electron chi connectivity index (χ2n) is 7.57. The highest BCUT2D eigenvalue weighted by Gasteiger charge is 2.27. The molecule has 3 heterocycles. The predicted molar refractivity (Wildman–Crippen MR) is 111 cm³/mol. The summed E-state index contributed by atoms with van der Waals surface area (Å²) in [6, 6.07) is 13.3. The van der Waals surface area contributed by atoms with Crippen LogP contribution in [0.4, 0.5) is 0 Å². The molecule has 1 aliphatic heterocycles. The van der Waals surface area contributed by atoms with Crippen LogP contribution in [0.1, 0.15) is 24.1 Å². The lowest BCUT2D eigenvalue weighted by Crippen LogP contribution is -2.44. The number of hydrogen-bond donors (Lipinski definition) is 1. The van der Waals surface area contributed by atoms with Crippen molar-refractivity contribution >= 4 is 5.91 Å². The van der Waals surface area contributed by atoms with Gasteiger partial charge in [-0.3, -0.25) is 14.5 Å². The van der Waals surface area contributed by atoms with Gasteiger partial charge in [-0.25, -0.2) is 0 Å². The van der Waals surface area contributed by atoms with E-state index in [0.29, 0.717) is 24.6 Å².